The molecule has 0 aliphatic heterocycles. The normalized spacial score (nSPS) is 10.8. The van der Waals surface area contributed by atoms with Crippen molar-refractivity contribution in [1.82, 2.24) is 4.57 Å². The van der Waals surface area contributed by atoms with Gasteiger partial charge < -0.3 is 14.4 Å². The second-order valence-electron chi connectivity index (χ2n) is 5.84. The van der Waals surface area contributed by atoms with Crippen molar-refractivity contribution in [2.45, 2.75) is 20.4 Å². The van der Waals surface area contributed by atoms with E-state index in [2.05, 4.69) is 0 Å². The monoisotopic (exact) mass is 337 g/mol. The molecule has 0 bridgehead atoms. The van der Waals surface area contributed by atoms with Crippen molar-refractivity contribution in [2.75, 3.05) is 6.61 Å². The summed E-state index contributed by atoms with van der Waals surface area (Å²) in [7, 11) is 0. The van der Waals surface area contributed by atoms with Crippen LogP contribution in [0.15, 0.2) is 53.3 Å². The smallest absolute Gasteiger partial charge is 0.347 e. The number of aromatic nitrogens is 1. The lowest BCUT2D eigenvalue weighted by atomic mass is 10.1. The highest BCUT2D eigenvalue weighted by Gasteiger charge is 2.23. The van der Waals surface area contributed by atoms with Gasteiger partial charge in [-0.1, -0.05) is 42.0 Å². The molecule has 0 radical (unpaired) electrons. The number of fused-ring (bicyclic) bond motifs is 1. The van der Waals surface area contributed by atoms with Crippen LogP contribution >= 0.6 is 0 Å². The highest BCUT2D eigenvalue weighted by molar-refractivity contribution is 5.99. The molecule has 0 aliphatic carbocycles. The van der Waals surface area contributed by atoms with E-state index < -0.39 is 11.5 Å². The zero-order chi connectivity index (χ0) is 18.0. The van der Waals surface area contributed by atoms with Gasteiger partial charge in [-0.05, 0) is 31.5 Å². The minimum Gasteiger partial charge on any atom is -0.506 e. The molecule has 1 aromatic heterocycles. The molecule has 25 heavy (non-hydrogen) atoms. The second kappa shape index (κ2) is 6.81. The summed E-state index contributed by atoms with van der Waals surface area (Å²) in [5.74, 6) is -1.14. The lowest BCUT2D eigenvalue weighted by Crippen LogP contribution is -2.28. The summed E-state index contributed by atoms with van der Waals surface area (Å²) >= 11 is 0. The predicted octanol–water partition coefficient (Wildman–Crippen LogP) is 3.24. The van der Waals surface area contributed by atoms with Gasteiger partial charge in [0.25, 0.3) is 5.56 Å². The summed E-state index contributed by atoms with van der Waals surface area (Å²) < 4.78 is 6.46. The molecule has 3 aromatic rings. The first kappa shape index (κ1) is 16.8. The maximum atomic E-state index is 12.9. The summed E-state index contributed by atoms with van der Waals surface area (Å²) in [5.41, 5.74) is 1.53. The average Bonchev–Trinajstić information content (AvgIpc) is 2.60. The summed E-state index contributed by atoms with van der Waals surface area (Å²) in [6, 6.07) is 14.9. The van der Waals surface area contributed by atoms with E-state index in [9.17, 15) is 14.7 Å². The molecule has 0 saturated carbocycles. The number of hydrogen-bond acceptors (Lipinski definition) is 4. The molecular formula is C20H19NO4. The maximum Gasteiger partial charge on any atom is 0.347 e. The van der Waals surface area contributed by atoms with Gasteiger partial charge in [-0.25, -0.2) is 4.79 Å². The number of ether oxygens (including phenoxy) is 1. The molecule has 0 aliphatic rings. The van der Waals surface area contributed by atoms with Gasteiger partial charge in [0.05, 0.1) is 18.7 Å². The Morgan fingerprint density at radius 3 is 2.56 bits per heavy atom. The maximum absolute atomic E-state index is 12.9. The van der Waals surface area contributed by atoms with E-state index in [1.165, 1.54) is 4.57 Å². The van der Waals surface area contributed by atoms with Gasteiger partial charge in [-0.2, -0.15) is 0 Å². The van der Waals surface area contributed by atoms with Crippen LogP contribution < -0.4 is 5.56 Å². The van der Waals surface area contributed by atoms with E-state index in [1.54, 1.807) is 19.1 Å². The van der Waals surface area contributed by atoms with Gasteiger partial charge in [0.15, 0.2) is 5.56 Å². The largest absolute Gasteiger partial charge is 0.506 e. The first-order chi connectivity index (χ1) is 12.0. The number of rotatable bonds is 4. The van der Waals surface area contributed by atoms with Crippen molar-refractivity contribution in [2.24, 2.45) is 0 Å². The Kier molecular flexibility index (Phi) is 4.57. The third-order valence-electron chi connectivity index (χ3n) is 4.06. The topological polar surface area (TPSA) is 68.5 Å². The number of benzene rings is 2. The van der Waals surface area contributed by atoms with Crippen LogP contribution in [0.1, 0.15) is 28.4 Å². The second-order valence-corrected chi connectivity index (χ2v) is 5.84. The molecule has 0 unspecified atom stereocenters. The van der Waals surface area contributed by atoms with Gasteiger partial charge >= 0.3 is 5.97 Å². The van der Waals surface area contributed by atoms with Crippen LogP contribution in [0.2, 0.25) is 0 Å². The molecular weight excluding hydrogens is 318 g/mol. The molecule has 5 nitrogen and oxygen atoms in total. The Morgan fingerprint density at radius 1 is 1.16 bits per heavy atom. The van der Waals surface area contributed by atoms with Gasteiger partial charge in [0.2, 0.25) is 0 Å². The lowest BCUT2D eigenvalue weighted by molar-refractivity contribution is 0.0520. The number of nitrogens with zero attached hydrogens (tertiary/aromatic N) is 1. The Hall–Kier alpha value is -3.08. The van der Waals surface area contributed by atoms with Gasteiger partial charge in [-0.15, -0.1) is 0 Å². The Morgan fingerprint density at radius 2 is 1.88 bits per heavy atom. The Labute approximate surface area is 145 Å². The summed E-state index contributed by atoms with van der Waals surface area (Å²) in [4.78, 5) is 25.1. The van der Waals surface area contributed by atoms with Crippen molar-refractivity contribution >= 4 is 16.9 Å². The minimum absolute atomic E-state index is 0.127. The van der Waals surface area contributed by atoms with Crippen molar-refractivity contribution in [3.8, 4) is 5.75 Å². The van der Waals surface area contributed by atoms with Crippen LogP contribution in [0.4, 0.5) is 0 Å². The number of pyridine rings is 1. The molecule has 128 valence electrons. The SMILES string of the molecule is CCOC(=O)c1c(O)c2cc(C)ccc2n(Cc2ccccc2)c1=O. The van der Waals surface area contributed by atoms with Gasteiger partial charge in [0.1, 0.15) is 5.75 Å². The van der Waals surface area contributed by atoms with Crippen LogP contribution in [0, 0.1) is 6.92 Å². The third-order valence-corrected chi connectivity index (χ3v) is 4.06. The molecule has 0 fully saturated rings. The van der Waals surface area contributed by atoms with E-state index in [0.29, 0.717) is 17.4 Å². The number of carbonyl (C=O) groups excluding carboxylic acids is 1. The number of carbonyl (C=O) groups is 1. The fraction of sp³-hybridized carbons (Fsp3) is 0.200. The van der Waals surface area contributed by atoms with E-state index in [4.69, 9.17) is 4.74 Å². The molecule has 1 N–H and O–H groups in total. The number of aromatic hydroxyl groups is 1. The van der Waals surface area contributed by atoms with E-state index >= 15 is 0 Å². The average molecular weight is 337 g/mol. The molecule has 0 saturated heterocycles. The lowest BCUT2D eigenvalue weighted by Gasteiger charge is -2.15. The summed E-state index contributed by atoms with van der Waals surface area (Å²) in [6.45, 7) is 3.96. The zero-order valence-corrected chi connectivity index (χ0v) is 14.2. The fourth-order valence-electron chi connectivity index (χ4n) is 2.87. The molecule has 0 atom stereocenters. The van der Waals surface area contributed by atoms with E-state index in [-0.39, 0.29) is 17.9 Å². The third kappa shape index (κ3) is 3.13. The molecule has 3 rings (SSSR count). The summed E-state index contributed by atoms with van der Waals surface area (Å²) in [5, 5.41) is 11.0. The Bertz CT molecular complexity index is 990. The highest BCUT2D eigenvalue weighted by Crippen LogP contribution is 2.28. The Balaban J connectivity index is 2.30. The number of hydrogen-bond donors (Lipinski definition) is 1. The first-order valence-corrected chi connectivity index (χ1v) is 8.10. The first-order valence-electron chi connectivity index (χ1n) is 8.10. The van der Waals surface area contributed by atoms with Crippen molar-refractivity contribution in [3.63, 3.8) is 0 Å². The molecule has 2 aromatic carbocycles. The van der Waals surface area contributed by atoms with Crippen molar-refractivity contribution < 1.29 is 14.6 Å². The van der Waals surface area contributed by atoms with Crippen LogP contribution in [0.3, 0.4) is 0 Å². The van der Waals surface area contributed by atoms with Gasteiger partial charge in [0, 0.05) is 5.39 Å². The molecule has 0 spiro atoms. The van der Waals surface area contributed by atoms with Gasteiger partial charge in [-0.3, -0.25) is 4.79 Å². The standard InChI is InChI=1S/C20H19NO4/c1-3-25-20(24)17-18(22)15-11-13(2)9-10-16(15)21(19(17)23)12-14-7-5-4-6-8-14/h4-11,22H,3,12H2,1-2H3. The van der Waals surface area contributed by atoms with Crippen molar-refractivity contribution in [1.29, 1.82) is 0 Å². The van der Waals surface area contributed by atoms with E-state index in [1.807, 2.05) is 43.3 Å². The number of esters is 1. The number of aryl methyl sites for hydroxylation is 1. The summed E-state index contributed by atoms with van der Waals surface area (Å²) in [6.07, 6.45) is 0. The highest BCUT2D eigenvalue weighted by atomic mass is 16.5. The quantitative estimate of drug-likeness (QED) is 0.742. The van der Waals surface area contributed by atoms with Crippen LogP contribution in [0.25, 0.3) is 10.9 Å². The van der Waals surface area contributed by atoms with Crippen LogP contribution in [-0.2, 0) is 11.3 Å². The van der Waals surface area contributed by atoms with Crippen LogP contribution in [-0.4, -0.2) is 22.2 Å². The molecule has 0 amide bonds. The zero-order valence-electron chi connectivity index (χ0n) is 14.2. The van der Waals surface area contributed by atoms with Crippen LogP contribution in [0.5, 0.6) is 5.75 Å². The fourth-order valence-corrected chi connectivity index (χ4v) is 2.87. The minimum atomic E-state index is -0.810. The molecule has 5 heteroatoms. The van der Waals surface area contributed by atoms with E-state index in [0.717, 1.165) is 11.1 Å². The van der Waals surface area contributed by atoms with Crippen molar-refractivity contribution in [3.05, 3.63) is 75.6 Å². The predicted molar refractivity (Wildman–Crippen MR) is 96.1 cm³/mol. The molecule has 1 heterocycles.